The fourth-order valence-electron chi connectivity index (χ4n) is 3.46. The Labute approximate surface area is 157 Å². The van der Waals surface area contributed by atoms with Gasteiger partial charge in [0, 0.05) is 13.1 Å². The molecule has 4 heterocycles. The number of rotatable bonds is 4. The standard InChI is InChI=1S/C14H21BN6O5P/c1-3-20(4-2)14-19-8-11(16)17-6-18-12(8)21(14)13-9(22)10-7(25-13)5-24-27(15,23)26-10/h6-7,9-10,13,22-23H,3-5H2,1-2H3,(H2,16,17,18)/q+1/t7-,9?,10-,13-,27?/m1/s1. The first-order chi connectivity index (χ1) is 12.9. The third kappa shape index (κ3) is 3.06. The third-order valence-corrected chi connectivity index (χ3v) is 5.86. The number of aliphatic hydroxyl groups is 1. The topological polar surface area (TPSA) is 141 Å². The fourth-order valence-corrected chi connectivity index (χ4v) is 4.49. The first-order valence-electron chi connectivity index (χ1n) is 8.66. The van der Waals surface area contributed by atoms with E-state index in [9.17, 15) is 10.00 Å². The van der Waals surface area contributed by atoms with E-state index in [1.807, 2.05) is 18.7 Å². The number of ether oxygens (including phenoxy) is 1. The molecular formula is C14H21BN6O5P+. The van der Waals surface area contributed by atoms with Gasteiger partial charge < -0.3 is 20.5 Å². The van der Waals surface area contributed by atoms with Gasteiger partial charge >= 0.3 is 15.4 Å². The number of imidazole rings is 1. The second-order valence-electron chi connectivity index (χ2n) is 6.37. The lowest BCUT2D eigenvalue weighted by Gasteiger charge is -2.28. The number of fused-ring (bicyclic) bond motifs is 2. The Bertz CT molecular complexity index is 849. The van der Waals surface area contributed by atoms with Gasteiger partial charge in [0.15, 0.2) is 29.3 Å². The van der Waals surface area contributed by atoms with Gasteiger partial charge in [0.2, 0.25) is 5.95 Å². The van der Waals surface area contributed by atoms with Crippen LogP contribution < -0.4 is 10.6 Å². The van der Waals surface area contributed by atoms with Crippen molar-refractivity contribution < 1.29 is 23.8 Å². The van der Waals surface area contributed by atoms with Crippen LogP contribution in [-0.4, -0.2) is 75.1 Å². The maximum Gasteiger partial charge on any atom is 0.488 e. The summed E-state index contributed by atoms with van der Waals surface area (Å²) >= 11 is 0. The molecule has 2 unspecified atom stereocenters. The van der Waals surface area contributed by atoms with Crippen LogP contribution in [0.15, 0.2) is 6.33 Å². The van der Waals surface area contributed by atoms with Crippen molar-refractivity contribution in [2.75, 3.05) is 30.3 Å². The Morgan fingerprint density at radius 3 is 2.85 bits per heavy atom. The number of nitrogens with two attached hydrogens (primary N) is 1. The van der Waals surface area contributed by atoms with E-state index in [1.54, 1.807) is 4.57 Å². The van der Waals surface area contributed by atoms with Crippen molar-refractivity contribution in [1.29, 1.82) is 0 Å². The summed E-state index contributed by atoms with van der Waals surface area (Å²) in [5, 5.41) is 10.9. The molecule has 2 aliphatic rings. The van der Waals surface area contributed by atoms with Crippen LogP contribution in [0.25, 0.3) is 11.2 Å². The van der Waals surface area contributed by atoms with E-state index in [2.05, 4.69) is 15.0 Å². The smallest absolute Gasteiger partial charge is 0.385 e. The molecule has 13 heteroatoms. The Balaban J connectivity index is 1.81. The normalized spacial score (nSPS) is 33.3. The molecule has 0 amide bonds. The summed E-state index contributed by atoms with van der Waals surface area (Å²) in [6.07, 6.45) is -2.06. The van der Waals surface area contributed by atoms with Crippen molar-refractivity contribution >= 4 is 38.3 Å². The van der Waals surface area contributed by atoms with Crippen LogP contribution in [0.1, 0.15) is 20.1 Å². The van der Waals surface area contributed by atoms with Crippen LogP contribution in [0, 0.1) is 0 Å². The first-order valence-corrected chi connectivity index (χ1v) is 10.3. The summed E-state index contributed by atoms with van der Waals surface area (Å²) in [6.45, 7) is 5.35. The number of nitrogen functional groups attached to an aromatic ring is 1. The summed E-state index contributed by atoms with van der Waals surface area (Å²) in [5.74, 6) is 0.780. The van der Waals surface area contributed by atoms with Crippen molar-refractivity contribution in [2.24, 2.45) is 0 Å². The van der Waals surface area contributed by atoms with Gasteiger partial charge in [0.1, 0.15) is 25.1 Å². The van der Waals surface area contributed by atoms with E-state index in [0.717, 1.165) is 0 Å². The van der Waals surface area contributed by atoms with Gasteiger partial charge in [-0.05, 0) is 13.8 Å². The molecule has 2 saturated heterocycles. The summed E-state index contributed by atoms with van der Waals surface area (Å²) < 4.78 is 18.2. The third-order valence-electron chi connectivity index (χ3n) is 4.79. The van der Waals surface area contributed by atoms with Crippen molar-refractivity contribution in [1.82, 2.24) is 19.5 Å². The molecule has 0 aromatic carbocycles. The molecular weight excluding hydrogens is 374 g/mol. The highest BCUT2D eigenvalue weighted by atomic mass is 31.2. The van der Waals surface area contributed by atoms with Crippen LogP contribution in [0.3, 0.4) is 0 Å². The fraction of sp³-hybridized carbons (Fsp3) is 0.643. The highest BCUT2D eigenvalue weighted by Crippen LogP contribution is 2.58. The summed E-state index contributed by atoms with van der Waals surface area (Å²) in [6, 6.07) is 0. The Morgan fingerprint density at radius 1 is 1.41 bits per heavy atom. The maximum absolute atomic E-state index is 10.9. The average Bonchev–Trinajstić information content (AvgIpc) is 3.15. The van der Waals surface area contributed by atoms with Gasteiger partial charge in [-0.25, -0.2) is 19.8 Å². The number of nitrogens with zero attached hydrogens (tertiary/aromatic N) is 5. The molecule has 5 atom stereocenters. The Kier molecular flexibility index (Phi) is 4.73. The van der Waals surface area contributed by atoms with Crippen molar-refractivity contribution in [3.63, 3.8) is 0 Å². The minimum atomic E-state index is -3.47. The molecule has 0 bridgehead atoms. The van der Waals surface area contributed by atoms with Gasteiger partial charge in [0.25, 0.3) is 0 Å². The van der Waals surface area contributed by atoms with E-state index in [4.69, 9.17) is 27.1 Å². The van der Waals surface area contributed by atoms with E-state index in [-0.39, 0.29) is 12.4 Å². The minimum absolute atomic E-state index is 0.0172. The molecule has 2 aromatic heterocycles. The van der Waals surface area contributed by atoms with Gasteiger partial charge in [-0.15, -0.1) is 0 Å². The molecule has 11 nitrogen and oxygen atoms in total. The lowest BCUT2D eigenvalue weighted by molar-refractivity contribution is -0.0599. The summed E-state index contributed by atoms with van der Waals surface area (Å²) in [7, 11) is 2.12. The van der Waals surface area contributed by atoms with Gasteiger partial charge in [-0.3, -0.25) is 4.57 Å². The minimum Gasteiger partial charge on any atom is -0.385 e. The predicted molar refractivity (Wildman–Crippen MR) is 98.9 cm³/mol. The molecule has 2 fully saturated rings. The molecule has 0 aliphatic carbocycles. The van der Waals surface area contributed by atoms with Crippen LogP contribution >= 0.6 is 7.82 Å². The second kappa shape index (κ2) is 6.80. The number of aliphatic hydroxyl groups excluding tert-OH is 1. The molecule has 4 rings (SSSR count). The maximum atomic E-state index is 10.9. The molecule has 144 valence electrons. The molecule has 4 N–H and O–H groups in total. The lowest BCUT2D eigenvalue weighted by atomic mass is 10.1. The molecule has 2 radical (unpaired) electrons. The van der Waals surface area contributed by atoms with Crippen LogP contribution in [0.2, 0.25) is 0 Å². The lowest BCUT2D eigenvalue weighted by Crippen LogP contribution is -2.40. The monoisotopic (exact) mass is 395 g/mol. The molecule has 2 aliphatic heterocycles. The largest absolute Gasteiger partial charge is 0.488 e. The van der Waals surface area contributed by atoms with Crippen LogP contribution in [0.5, 0.6) is 0 Å². The van der Waals surface area contributed by atoms with Crippen molar-refractivity contribution in [2.45, 2.75) is 38.4 Å². The zero-order valence-corrected chi connectivity index (χ0v) is 15.9. The zero-order valence-electron chi connectivity index (χ0n) is 15.0. The molecule has 2 aromatic rings. The van der Waals surface area contributed by atoms with E-state index >= 15 is 0 Å². The highest BCUT2D eigenvalue weighted by molar-refractivity contribution is 7.85. The number of hydrogen-bond acceptors (Lipinski definition) is 10. The quantitative estimate of drug-likeness (QED) is 0.469. The molecule has 0 spiro atoms. The number of aromatic nitrogens is 4. The van der Waals surface area contributed by atoms with E-state index in [1.165, 1.54) is 6.33 Å². The first kappa shape index (κ1) is 18.8. The predicted octanol–water partition coefficient (Wildman–Crippen LogP) is -0.233. The Morgan fingerprint density at radius 2 is 2.15 bits per heavy atom. The van der Waals surface area contributed by atoms with Crippen molar-refractivity contribution in [3.8, 4) is 0 Å². The number of hydrogen-bond donors (Lipinski definition) is 3. The molecule has 27 heavy (non-hydrogen) atoms. The Hall–Kier alpha value is -1.56. The van der Waals surface area contributed by atoms with Crippen molar-refractivity contribution in [3.05, 3.63) is 6.33 Å². The second-order valence-corrected chi connectivity index (χ2v) is 7.97. The average molecular weight is 395 g/mol. The summed E-state index contributed by atoms with van der Waals surface area (Å²) in [5.41, 5.74) is 6.83. The van der Waals surface area contributed by atoms with Gasteiger partial charge in [-0.2, -0.15) is 9.05 Å². The van der Waals surface area contributed by atoms with Gasteiger partial charge in [0.05, 0.1) is 0 Å². The van der Waals surface area contributed by atoms with Crippen LogP contribution in [-0.2, 0) is 13.8 Å². The zero-order chi connectivity index (χ0) is 19.3. The summed E-state index contributed by atoms with van der Waals surface area (Å²) in [4.78, 5) is 24.8. The SMILES string of the molecule is [B][P+]1(O)OC[C@H]2O[C@@H](n3c(N(CC)CC)nc4c(N)ncnc43)C(O)[C@@H]2O1. The van der Waals surface area contributed by atoms with Crippen LogP contribution in [0.4, 0.5) is 11.8 Å². The van der Waals surface area contributed by atoms with E-state index < -0.39 is 32.4 Å². The van der Waals surface area contributed by atoms with Gasteiger partial charge in [-0.1, -0.05) is 0 Å². The molecule has 0 saturated carbocycles. The highest BCUT2D eigenvalue weighted by Gasteiger charge is 2.57. The van der Waals surface area contributed by atoms with E-state index in [0.29, 0.717) is 30.2 Å². The number of anilines is 2.